The average molecular weight is 186 g/mol. The standard InChI is InChI=1S/C12H14N2/c1-9(2)10(3)14-12-6-4-11(8-13)5-7-12/h4-7,9,14H,3H2,1-2H3. The maximum Gasteiger partial charge on any atom is 0.0991 e. The number of benzene rings is 1. The minimum atomic E-state index is 0.408. The summed E-state index contributed by atoms with van der Waals surface area (Å²) < 4.78 is 0. The van der Waals surface area contributed by atoms with Crippen molar-refractivity contribution in [1.29, 1.82) is 5.26 Å². The molecule has 0 aliphatic carbocycles. The van der Waals surface area contributed by atoms with E-state index in [1.807, 2.05) is 12.1 Å². The molecule has 0 heterocycles. The minimum absolute atomic E-state index is 0.408. The molecule has 0 saturated carbocycles. The lowest BCUT2D eigenvalue weighted by atomic mass is 10.1. The third kappa shape index (κ3) is 2.63. The van der Waals surface area contributed by atoms with Crippen molar-refractivity contribution in [2.75, 3.05) is 5.32 Å². The van der Waals surface area contributed by atoms with Crippen molar-refractivity contribution in [3.05, 3.63) is 42.1 Å². The van der Waals surface area contributed by atoms with Crippen molar-refractivity contribution >= 4 is 5.69 Å². The molecule has 0 fully saturated rings. The number of anilines is 1. The molecule has 2 heteroatoms. The second kappa shape index (κ2) is 4.48. The van der Waals surface area contributed by atoms with Gasteiger partial charge in [-0.2, -0.15) is 5.26 Å². The van der Waals surface area contributed by atoms with E-state index in [1.165, 1.54) is 0 Å². The Morgan fingerprint density at radius 3 is 2.36 bits per heavy atom. The molecule has 1 N–H and O–H groups in total. The molecule has 0 radical (unpaired) electrons. The van der Waals surface area contributed by atoms with E-state index >= 15 is 0 Å². The molecule has 0 aromatic heterocycles. The van der Waals surface area contributed by atoms with E-state index < -0.39 is 0 Å². The highest BCUT2D eigenvalue weighted by Gasteiger charge is 1.99. The van der Waals surface area contributed by atoms with E-state index in [0.717, 1.165) is 11.4 Å². The molecule has 0 aliphatic heterocycles. The van der Waals surface area contributed by atoms with Crippen LogP contribution in [0.3, 0.4) is 0 Å². The summed E-state index contributed by atoms with van der Waals surface area (Å²) in [5, 5.41) is 11.8. The fourth-order valence-electron chi connectivity index (χ4n) is 0.958. The Bertz CT molecular complexity index is 355. The van der Waals surface area contributed by atoms with E-state index in [4.69, 9.17) is 5.26 Å². The smallest absolute Gasteiger partial charge is 0.0991 e. The molecular weight excluding hydrogens is 172 g/mol. The van der Waals surface area contributed by atoms with Gasteiger partial charge < -0.3 is 5.32 Å². The fourth-order valence-corrected chi connectivity index (χ4v) is 0.958. The zero-order valence-electron chi connectivity index (χ0n) is 8.54. The second-order valence-corrected chi connectivity index (χ2v) is 3.49. The molecule has 0 spiro atoms. The van der Waals surface area contributed by atoms with Gasteiger partial charge in [0.2, 0.25) is 0 Å². The lowest BCUT2D eigenvalue weighted by molar-refractivity contribution is 0.778. The Morgan fingerprint density at radius 2 is 1.93 bits per heavy atom. The topological polar surface area (TPSA) is 35.8 Å². The minimum Gasteiger partial charge on any atom is -0.359 e. The Morgan fingerprint density at radius 1 is 1.36 bits per heavy atom. The van der Waals surface area contributed by atoms with Gasteiger partial charge in [-0.25, -0.2) is 0 Å². The molecule has 0 atom stereocenters. The average Bonchev–Trinajstić information content (AvgIpc) is 2.19. The Hall–Kier alpha value is -1.75. The highest BCUT2D eigenvalue weighted by Crippen LogP contribution is 2.14. The summed E-state index contributed by atoms with van der Waals surface area (Å²) >= 11 is 0. The van der Waals surface area contributed by atoms with E-state index in [1.54, 1.807) is 12.1 Å². The van der Waals surface area contributed by atoms with Crippen LogP contribution in [0.1, 0.15) is 19.4 Å². The third-order valence-electron chi connectivity index (χ3n) is 2.02. The lowest BCUT2D eigenvalue weighted by Crippen LogP contribution is -2.03. The summed E-state index contributed by atoms with van der Waals surface area (Å²) in [5.41, 5.74) is 2.63. The first-order chi connectivity index (χ1) is 6.63. The van der Waals surface area contributed by atoms with Gasteiger partial charge in [0.25, 0.3) is 0 Å². The monoisotopic (exact) mass is 186 g/mol. The van der Waals surface area contributed by atoms with Crippen LogP contribution in [0.15, 0.2) is 36.5 Å². The van der Waals surface area contributed by atoms with Crippen LogP contribution in [-0.4, -0.2) is 0 Å². The van der Waals surface area contributed by atoms with Crippen molar-refractivity contribution in [3.63, 3.8) is 0 Å². The highest BCUT2D eigenvalue weighted by molar-refractivity contribution is 5.50. The number of nitrogens with one attached hydrogen (secondary N) is 1. The number of hydrogen-bond donors (Lipinski definition) is 1. The summed E-state index contributed by atoms with van der Waals surface area (Å²) in [6.07, 6.45) is 0. The second-order valence-electron chi connectivity index (χ2n) is 3.49. The summed E-state index contributed by atoms with van der Waals surface area (Å²) in [6.45, 7) is 8.08. The van der Waals surface area contributed by atoms with Crippen LogP contribution in [0.25, 0.3) is 0 Å². The van der Waals surface area contributed by atoms with E-state index in [0.29, 0.717) is 11.5 Å². The number of rotatable bonds is 3. The van der Waals surface area contributed by atoms with Gasteiger partial charge in [-0.3, -0.25) is 0 Å². The molecule has 14 heavy (non-hydrogen) atoms. The quantitative estimate of drug-likeness (QED) is 0.787. The number of hydrogen-bond acceptors (Lipinski definition) is 2. The zero-order valence-corrected chi connectivity index (χ0v) is 8.54. The molecular formula is C12H14N2. The Kier molecular flexibility index (Phi) is 3.30. The Labute approximate surface area is 84.9 Å². The first kappa shape index (κ1) is 10.3. The Balaban J connectivity index is 2.70. The molecule has 1 aromatic rings. The van der Waals surface area contributed by atoms with Crippen molar-refractivity contribution < 1.29 is 0 Å². The van der Waals surface area contributed by atoms with Crippen molar-refractivity contribution in [2.45, 2.75) is 13.8 Å². The number of allylic oxidation sites excluding steroid dienone is 1. The molecule has 0 aliphatic rings. The van der Waals surface area contributed by atoms with Gasteiger partial charge in [0.15, 0.2) is 0 Å². The van der Waals surface area contributed by atoms with Crippen LogP contribution in [0.4, 0.5) is 5.69 Å². The van der Waals surface area contributed by atoms with Crippen LogP contribution in [0.5, 0.6) is 0 Å². The first-order valence-electron chi connectivity index (χ1n) is 4.59. The summed E-state index contributed by atoms with van der Waals surface area (Å²) in [6, 6.07) is 9.42. The third-order valence-corrected chi connectivity index (χ3v) is 2.02. The SMILES string of the molecule is C=C(Nc1ccc(C#N)cc1)C(C)C. The van der Waals surface area contributed by atoms with Crippen molar-refractivity contribution in [3.8, 4) is 6.07 Å². The summed E-state index contributed by atoms with van der Waals surface area (Å²) in [5.74, 6) is 0.408. The van der Waals surface area contributed by atoms with Gasteiger partial charge in [0.05, 0.1) is 11.6 Å². The van der Waals surface area contributed by atoms with Gasteiger partial charge >= 0.3 is 0 Å². The largest absolute Gasteiger partial charge is 0.359 e. The van der Waals surface area contributed by atoms with Crippen LogP contribution in [0, 0.1) is 17.2 Å². The molecule has 0 unspecified atom stereocenters. The zero-order chi connectivity index (χ0) is 10.6. The highest BCUT2D eigenvalue weighted by atomic mass is 14.9. The van der Waals surface area contributed by atoms with Crippen LogP contribution in [0.2, 0.25) is 0 Å². The van der Waals surface area contributed by atoms with Gasteiger partial charge in [-0.1, -0.05) is 20.4 Å². The molecule has 2 nitrogen and oxygen atoms in total. The van der Waals surface area contributed by atoms with Crippen LogP contribution in [-0.2, 0) is 0 Å². The normalized spacial score (nSPS) is 9.57. The first-order valence-corrected chi connectivity index (χ1v) is 4.59. The van der Waals surface area contributed by atoms with Crippen molar-refractivity contribution in [1.82, 2.24) is 0 Å². The van der Waals surface area contributed by atoms with E-state index in [9.17, 15) is 0 Å². The van der Waals surface area contributed by atoms with Gasteiger partial charge in [0, 0.05) is 11.4 Å². The predicted molar refractivity (Wildman–Crippen MR) is 58.8 cm³/mol. The lowest BCUT2D eigenvalue weighted by Gasteiger charge is -2.12. The maximum atomic E-state index is 8.61. The molecule has 1 aromatic carbocycles. The van der Waals surface area contributed by atoms with Crippen LogP contribution >= 0.6 is 0 Å². The van der Waals surface area contributed by atoms with E-state index in [2.05, 4.69) is 31.8 Å². The van der Waals surface area contributed by atoms with Gasteiger partial charge in [0.1, 0.15) is 0 Å². The molecule has 0 amide bonds. The van der Waals surface area contributed by atoms with Gasteiger partial charge in [-0.15, -0.1) is 0 Å². The number of nitriles is 1. The molecule has 72 valence electrons. The van der Waals surface area contributed by atoms with Gasteiger partial charge in [-0.05, 0) is 30.2 Å². The summed E-state index contributed by atoms with van der Waals surface area (Å²) in [7, 11) is 0. The molecule has 0 bridgehead atoms. The predicted octanol–water partition coefficient (Wildman–Crippen LogP) is 3.14. The van der Waals surface area contributed by atoms with E-state index in [-0.39, 0.29) is 0 Å². The van der Waals surface area contributed by atoms with Crippen LogP contribution < -0.4 is 5.32 Å². The number of nitrogens with zero attached hydrogens (tertiary/aromatic N) is 1. The fraction of sp³-hybridized carbons (Fsp3) is 0.250. The molecule has 1 rings (SSSR count). The van der Waals surface area contributed by atoms with Crippen molar-refractivity contribution in [2.24, 2.45) is 5.92 Å². The maximum absolute atomic E-state index is 8.61. The summed E-state index contributed by atoms with van der Waals surface area (Å²) in [4.78, 5) is 0. The molecule has 0 saturated heterocycles.